The lowest BCUT2D eigenvalue weighted by Crippen LogP contribution is -2.06. The van der Waals surface area contributed by atoms with Crippen molar-refractivity contribution < 1.29 is 9.53 Å². The van der Waals surface area contributed by atoms with E-state index in [-0.39, 0.29) is 12.2 Å². The summed E-state index contributed by atoms with van der Waals surface area (Å²) in [6.07, 6.45) is 3.35. The van der Waals surface area contributed by atoms with E-state index in [0.717, 1.165) is 5.69 Å². The highest BCUT2D eigenvalue weighted by atomic mass is 16.5. The van der Waals surface area contributed by atoms with Gasteiger partial charge in [0.2, 0.25) is 0 Å². The Bertz CT molecular complexity index is 424. The lowest BCUT2D eigenvalue weighted by atomic mass is 10.2. The minimum absolute atomic E-state index is 0.0126. The summed E-state index contributed by atoms with van der Waals surface area (Å²) >= 11 is 0. The first-order chi connectivity index (χ1) is 7.19. The number of aryl methyl sites for hydroxylation is 1. The van der Waals surface area contributed by atoms with Crippen molar-refractivity contribution in [2.24, 2.45) is 7.05 Å². The third-order valence-electron chi connectivity index (χ3n) is 1.89. The third-order valence-corrected chi connectivity index (χ3v) is 1.89. The molecule has 0 saturated heterocycles. The normalized spacial score (nSPS) is 10.9. The average molecular weight is 204 g/mol. The van der Waals surface area contributed by atoms with E-state index in [4.69, 9.17) is 10.00 Å². The molecule has 0 spiro atoms. The smallest absolute Gasteiger partial charge is 0.348 e. The van der Waals surface area contributed by atoms with E-state index in [1.807, 2.05) is 36.0 Å². The molecule has 0 radical (unpaired) electrons. The molecule has 0 unspecified atom stereocenters. The highest BCUT2D eigenvalue weighted by molar-refractivity contribution is 5.97. The highest BCUT2D eigenvalue weighted by Crippen LogP contribution is 2.07. The van der Waals surface area contributed by atoms with Gasteiger partial charge in [-0.1, -0.05) is 0 Å². The molecule has 0 aliphatic rings. The van der Waals surface area contributed by atoms with Gasteiger partial charge in [0.05, 0.1) is 6.61 Å². The van der Waals surface area contributed by atoms with Crippen molar-refractivity contribution in [2.45, 2.75) is 6.92 Å². The lowest BCUT2D eigenvalue weighted by molar-refractivity contribution is -0.137. The Kier molecular flexibility index (Phi) is 3.69. The second-order valence-electron chi connectivity index (χ2n) is 2.93. The first-order valence-corrected chi connectivity index (χ1v) is 4.59. The summed E-state index contributed by atoms with van der Waals surface area (Å²) in [6, 6.07) is 5.48. The number of ether oxygens (including phenoxy) is 1. The second-order valence-corrected chi connectivity index (χ2v) is 2.93. The van der Waals surface area contributed by atoms with Crippen LogP contribution >= 0.6 is 0 Å². The first-order valence-electron chi connectivity index (χ1n) is 4.59. The van der Waals surface area contributed by atoms with Crippen molar-refractivity contribution >= 4 is 12.0 Å². The number of rotatable bonds is 3. The molecule has 0 aliphatic heterocycles. The van der Waals surface area contributed by atoms with E-state index in [1.54, 1.807) is 6.92 Å². The summed E-state index contributed by atoms with van der Waals surface area (Å²) in [7, 11) is 1.84. The number of nitrogens with zero attached hydrogens (tertiary/aromatic N) is 2. The van der Waals surface area contributed by atoms with Crippen LogP contribution < -0.4 is 0 Å². The molecule has 0 aliphatic carbocycles. The molecule has 1 aromatic heterocycles. The Hall–Kier alpha value is -2.02. The molecule has 78 valence electrons. The standard InChI is InChI=1S/C11H12N2O2/c1-3-15-11(14)9(8-12)7-10-5-4-6-13(10)2/h4-7H,3H2,1-2H3/b9-7+. The molecular formula is C11H12N2O2. The summed E-state index contributed by atoms with van der Waals surface area (Å²) < 4.78 is 6.56. The van der Waals surface area contributed by atoms with Crippen LogP contribution in [0.25, 0.3) is 6.08 Å². The maximum Gasteiger partial charge on any atom is 0.348 e. The fourth-order valence-electron chi connectivity index (χ4n) is 1.12. The molecule has 1 heterocycles. The molecule has 0 saturated carbocycles. The Morgan fingerprint density at radius 1 is 1.73 bits per heavy atom. The monoisotopic (exact) mass is 204 g/mol. The van der Waals surface area contributed by atoms with Gasteiger partial charge in [-0.05, 0) is 25.1 Å². The zero-order valence-electron chi connectivity index (χ0n) is 8.73. The van der Waals surface area contributed by atoms with Gasteiger partial charge in [0, 0.05) is 18.9 Å². The molecular weight excluding hydrogens is 192 g/mol. The number of esters is 1. The third kappa shape index (κ3) is 2.71. The van der Waals surface area contributed by atoms with E-state index >= 15 is 0 Å². The molecule has 0 atom stereocenters. The van der Waals surface area contributed by atoms with E-state index in [0.29, 0.717) is 0 Å². The average Bonchev–Trinajstić information content (AvgIpc) is 2.61. The number of carbonyl (C=O) groups is 1. The SMILES string of the molecule is CCOC(=O)/C(C#N)=C/c1cccn1C. The molecule has 4 nitrogen and oxygen atoms in total. The van der Waals surface area contributed by atoms with E-state index in [9.17, 15) is 4.79 Å². The zero-order chi connectivity index (χ0) is 11.3. The molecule has 0 bridgehead atoms. The van der Waals surface area contributed by atoms with Gasteiger partial charge in [-0.2, -0.15) is 5.26 Å². The molecule has 0 amide bonds. The van der Waals surface area contributed by atoms with Gasteiger partial charge in [0.15, 0.2) is 0 Å². The molecule has 1 rings (SSSR count). The highest BCUT2D eigenvalue weighted by Gasteiger charge is 2.09. The van der Waals surface area contributed by atoms with Crippen LogP contribution in [0.3, 0.4) is 0 Å². The minimum Gasteiger partial charge on any atom is -0.462 e. The summed E-state index contributed by atoms with van der Waals surface area (Å²) in [5.74, 6) is -0.582. The van der Waals surface area contributed by atoms with Gasteiger partial charge >= 0.3 is 5.97 Å². The van der Waals surface area contributed by atoms with Crippen LogP contribution in [0.15, 0.2) is 23.9 Å². The fourth-order valence-corrected chi connectivity index (χ4v) is 1.12. The van der Waals surface area contributed by atoms with Crippen LogP contribution in [0.2, 0.25) is 0 Å². The number of carbonyl (C=O) groups excluding carboxylic acids is 1. The summed E-state index contributed by atoms with van der Waals surface area (Å²) in [5.41, 5.74) is 0.804. The Morgan fingerprint density at radius 2 is 2.47 bits per heavy atom. The molecule has 0 aromatic carbocycles. The summed E-state index contributed by atoms with van der Waals surface area (Å²) in [4.78, 5) is 11.3. The van der Waals surface area contributed by atoms with Gasteiger partial charge in [-0.15, -0.1) is 0 Å². The number of hydrogen-bond acceptors (Lipinski definition) is 3. The maximum atomic E-state index is 11.3. The van der Waals surface area contributed by atoms with Crippen LogP contribution in [0.5, 0.6) is 0 Å². The van der Waals surface area contributed by atoms with Crippen LogP contribution in [-0.2, 0) is 16.6 Å². The van der Waals surface area contributed by atoms with E-state index in [1.165, 1.54) is 6.08 Å². The summed E-state index contributed by atoms with van der Waals surface area (Å²) in [6.45, 7) is 1.97. The van der Waals surface area contributed by atoms with Crippen molar-refractivity contribution in [3.05, 3.63) is 29.6 Å². The zero-order valence-corrected chi connectivity index (χ0v) is 8.73. The topological polar surface area (TPSA) is 55.0 Å². The van der Waals surface area contributed by atoms with Gasteiger partial charge in [-0.3, -0.25) is 0 Å². The number of aromatic nitrogens is 1. The molecule has 0 fully saturated rings. The van der Waals surface area contributed by atoms with Crippen molar-refractivity contribution in [1.29, 1.82) is 5.26 Å². The predicted octanol–water partition coefficient (Wildman–Crippen LogP) is 1.50. The Labute approximate surface area is 88.4 Å². The number of nitriles is 1. The Balaban J connectivity index is 2.94. The largest absolute Gasteiger partial charge is 0.462 e. The van der Waals surface area contributed by atoms with Crippen LogP contribution in [0.1, 0.15) is 12.6 Å². The maximum absolute atomic E-state index is 11.3. The molecule has 1 aromatic rings. The Morgan fingerprint density at radius 3 is 2.93 bits per heavy atom. The van der Waals surface area contributed by atoms with Gasteiger partial charge in [0.1, 0.15) is 11.6 Å². The first kappa shape index (κ1) is 11.1. The summed E-state index contributed by atoms with van der Waals surface area (Å²) in [5, 5.41) is 8.78. The van der Waals surface area contributed by atoms with E-state index < -0.39 is 5.97 Å². The second kappa shape index (κ2) is 5.01. The van der Waals surface area contributed by atoms with E-state index in [2.05, 4.69) is 0 Å². The van der Waals surface area contributed by atoms with Crippen molar-refractivity contribution in [1.82, 2.24) is 4.57 Å². The predicted molar refractivity (Wildman–Crippen MR) is 55.6 cm³/mol. The van der Waals surface area contributed by atoms with Crippen LogP contribution in [0, 0.1) is 11.3 Å². The number of hydrogen-bond donors (Lipinski definition) is 0. The van der Waals surface area contributed by atoms with Gasteiger partial charge in [-0.25, -0.2) is 4.79 Å². The molecule has 4 heteroatoms. The van der Waals surface area contributed by atoms with Gasteiger partial charge < -0.3 is 9.30 Å². The fraction of sp³-hybridized carbons (Fsp3) is 0.273. The van der Waals surface area contributed by atoms with Crippen molar-refractivity contribution in [2.75, 3.05) is 6.61 Å². The van der Waals surface area contributed by atoms with Crippen LogP contribution in [-0.4, -0.2) is 17.1 Å². The lowest BCUT2D eigenvalue weighted by Gasteiger charge is -2.00. The quantitative estimate of drug-likeness (QED) is 0.426. The molecule has 15 heavy (non-hydrogen) atoms. The van der Waals surface area contributed by atoms with Gasteiger partial charge in [0.25, 0.3) is 0 Å². The molecule has 0 N–H and O–H groups in total. The van der Waals surface area contributed by atoms with Crippen molar-refractivity contribution in [3.8, 4) is 6.07 Å². The van der Waals surface area contributed by atoms with Crippen molar-refractivity contribution in [3.63, 3.8) is 0 Å². The minimum atomic E-state index is -0.582. The van der Waals surface area contributed by atoms with Crippen LogP contribution in [0.4, 0.5) is 0 Å².